The van der Waals surface area contributed by atoms with Crippen LogP contribution in [-0.2, 0) is 22.5 Å². The normalized spacial score (nSPS) is 13.9. The SMILES string of the molecule is CCOC(=O)CCCn1c(Cc2ccc(C#N)cc2)nc2cc(C(=O)NCC3CCCCC3)ccc21. The van der Waals surface area contributed by atoms with E-state index in [1.807, 2.05) is 30.3 Å². The molecule has 188 valence electrons. The molecule has 0 atom stereocenters. The van der Waals surface area contributed by atoms with Gasteiger partial charge in [-0.2, -0.15) is 5.26 Å². The summed E-state index contributed by atoms with van der Waals surface area (Å²) < 4.78 is 7.19. The summed E-state index contributed by atoms with van der Waals surface area (Å²) in [5.41, 5.74) is 3.97. The molecule has 2 aromatic carbocycles. The van der Waals surface area contributed by atoms with Crippen LogP contribution in [0.25, 0.3) is 11.0 Å². The van der Waals surface area contributed by atoms with E-state index >= 15 is 0 Å². The lowest BCUT2D eigenvalue weighted by Crippen LogP contribution is -2.30. The number of aromatic nitrogens is 2. The summed E-state index contributed by atoms with van der Waals surface area (Å²) >= 11 is 0. The number of esters is 1. The van der Waals surface area contributed by atoms with Crippen LogP contribution in [0.3, 0.4) is 0 Å². The third-order valence-electron chi connectivity index (χ3n) is 6.88. The zero-order valence-corrected chi connectivity index (χ0v) is 21.0. The predicted octanol–water partition coefficient (Wildman–Crippen LogP) is 5.15. The zero-order chi connectivity index (χ0) is 25.3. The molecule has 1 aliphatic rings. The summed E-state index contributed by atoms with van der Waals surface area (Å²) in [4.78, 5) is 29.6. The Kier molecular flexibility index (Phi) is 8.72. The van der Waals surface area contributed by atoms with Crippen LogP contribution >= 0.6 is 0 Å². The Balaban J connectivity index is 1.53. The van der Waals surface area contributed by atoms with Crippen LogP contribution < -0.4 is 5.32 Å². The van der Waals surface area contributed by atoms with Gasteiger partial charge >= 0.3 is 5.97 Å². The number of amides is 1. The maximum absolute atomic E-state index is 12.9. The Morgan fingerprint density at radius 3 is 2.64 bits per heavy atom. The van der Waals surface area contributed by atoms with E-state index in [4.69, 9.17) is 15.0 Å². The minimum Gasteiger partial charge on any atom is -0.466 e. The van der Waals surface area contributed by atoms with Crippen LogP contribution in [-0.4, -0.2) is 34.6 Å². The van der Waals surface area contributed by atoms with Gasteiger partial charge in [0.15, 0.2) is 0 Å². The van der Waals surface area contributed by atoms with E-state index in [0.717, 1.165) is 29.0 Å². The van der Waals surface area contributed by atoms with Gasteiger partial charge in [0, 0.05) is 31.5 Å². The van der Waals surface area contributed by atoms with E-state index in [1.54, 1.807) is 19.1 Å². The fourth-order valence-corrected chi connectivity index (χ4v) is 4.93. The number of hydrogen-bond donors (Lipinski definition) is 1. The number of carbonyl (C=O) groups is 2. The van der Waals surface area contributed by atoms with Crippen molar-refractivity contribution in [2.75, 3.05) is 13.2 Å². The number of nitrogens with one attached hydrogen (secondary N) is 1. The van der Waals surface area contributed by atoms with E-state index < -0.39 is 0 Å². The molecule has 0 radical (unpaired) electrons. The Labute approximate surface area is 212 Å². The third kappa shape index (κ3) is 6.51. The van der Waals surface area contributed by atoms with Gasteiger partial charge in [0.1, 0.15) is 5.82 Å². The van der Waals surface area contributed by atoms with Crippen LogP contribution in [0.1, 0.15) is 79.2 Å². The highest BCUT2D eigenvalue weighted by atomic mass is 16.5. The van der Waals surface area contributed by atoms with Crippen LogP contribution in [0.15, 0.2) is 42.5 Å². The van der Waals surface area contributed by atoms with Crippen LogP contribution in [0, 0.1) is 17.2 Å². The Bertz CT molecular complexity index is 1230. The Morgan fingerprint density at radius 1 is 1.14 bits per heavy atom. The molecule has 1 N–H and O–H groups in total. The third-order valence-corrected chi connectivity index (χ3v) is 6.88. The van der Waals surface area contributed by atoms with Crippen molar-refractivity contribution in [2.45, 2.75) is 64.8 Å². The van der Waals surface area contributed by atoms with Crippen LogP contribution in [0.4, 0.5) is 0 Å². The first-order valence-electron chi connectivity index (χ1n) is 13.0. The number of imidazole rings is 1. The lowest BCUT2D eigenvalue weighted by molar-refractivity contribution is -0.143. The highest BCUT2D eigenvalue weighted by Crippen LogP contribution is 2.24. The second-order valence-corrected chi connectivity index (χ2v) is 9.49. The van der Waals surface area contributed by atoms with Gasteiger partial charge in [0.2, 0.25) is 0 Å². The number of nitrogens with zero attached hydrogens (tertiary/aromatic N) is 3. The molecule has 1 fully saturated rings. The molecule has 1 aromatic heterocycles. The fourth-order valence-electron chi connectivity index (χ4n) is 4.93. The van der Waals surface area contributed by atoms with Gasteiger partial charge < -0.3 is 14.6 Å². The highest BCUT2D eigenvalue weighted by molar-refractivity contribution is 5.97. The molecule has 36 heavy (non-hydrogen) atoms. The molecular formula is C29H34N4O3. The van der Waals surface area contributed by atoms with Gasteiger partial charge in [0.25, 0.3) is 5.91 Å². The summed E-state index contributed by atoms with van der Waals surface area (Å²) in [6.45, 7) is 3.53. The number of benzene rings is 2. The second kappa shape index (κ2) is 12.3. The molecule has 7 heteroatoms. The summed E-state index contributed by atoms with van der Waals surface area (Å²) in [6, 6.07) is 15.3. The van der Waals surface area contributed by atoms with Crippen molar-refractivity contribution in [2.24, 2.45) is 5.92 Å². The topological polar surface area (TPSA) is 97.0 Å². The lowest BCUT2D eigenvalue weighted by atomic mass is 9.89. The average molecular weight is 487 g/mol. The number of hydrogen-bond acceptors (Lipinski definition) is 5. The van der Waals surface area contributed by atoms with Crippen molar-refractivity contribution in [1.29, 1.82) is 5.26 Å². The standard InChI is InChI=1S/C29H34N4O3/c1-2-36-28(34)9-6-16-33-26-15-14-24(29(35)31-20-23-7-4-3-5-8-23)18-25(26)32-27(33)17-21-10-12-22(19-30)13-11-21/h10-15,18,23H,2-9,16-17,20H2,1H3,(H,31,35). The minimum atomic E-state index is -0.201. The van der Waals surface area contributed by atoms with Gasteiger partial charge in [0.05, 0.1) is 29.3 Å². The van der Waals surface area contributed by atoms with E-state index in [-0.39, 0.29) is 11.9 Å². The number of ether oxygens (including phenoxy) is 1. The summed E-state index contributed by atoms with van der Waals surface area (Å²) in [5, 5.41) is 12.2. The van der Waals surface area contributed by atoms with Crippen molar-refractivity contribution in [3.63, 3.8) is 0 Å². The quantitative estimate of drug-likeness (QED) is 0.400. The van der Waals surface area contributed by atoms with Gasteiger partial charge in [-0.15, -0.1) is 0 Å². The molecule has 4 rings (SSSR count). The molecule has 0 spiro atoms. The molecule has 3 aromatic rings. The molecule has 0 aliphatic heterocycles. The van der Waals surface area contributed by atoms with Crippen molar-refractivity contribution >= 4 is 22.9 Å². The maximum Gasteiger partial charge on any atom is 0.305 e. The monoisotopic (exact) mass is 486 g/mol. The van der Waals surface area contributed by atoms with Crippen molar-refractivity contribution < 1.29 is 14.3 Å². The van der Waals surface area contributed by atoms with Crippen molar-refractivity contribution in [3.8, 4) is 6.07 Å². The van der Waals surface area contributed by atoms with E-state index in [9.17, 15) is 9.59 Å². The molecule has 1 amide bonds. The van der Waals surface area contributed by atoms with E-state index in [1.165, 1.54) is 32.1 Å². The first kappa shape index (κ1) is 25.4. The molecular weight excluding hydrogens is 452 g/mol. The molecule has 0 saturated heterocycles. The molecule has 7 nitrogen and oxygen atoms in total. The molecule has 1 aliphatic carbocycles. The van der Waals surface area contributed by atoms with Crippen LogP contribution in [0.2, 0.25) is 0 Å². The number of aryl methyl sites for hydroxylation is 1. The smallest absolute Gasteiger partial charge is 0.305 e. The predicted molar refractivity (Wildman–Crippen MR) is 138 cm³/mol. The maximum atomic E-state index is 12.9. The van der Waals surface area contributed by atoms with Gasteiger partial charge in [-0.3, -0.25) is 9.59 Å². The molecule has 0 unspecified atom stereocenters. The largest absolute Gasteiger partial charge is 0.466 e. The number of rotatable bonds is 10. The minimum absolute atomic E-state index is 0.0621. The Morgan fingerprint density at radius 2 is 1.92 bits per heavy atom. The molecule has 0 bridgehead atoms. The number of fused-ring (bicyclic) bond motifs is 1. The molecule has 1 saturated carbocycles. The Hall–Kier alpha value is -3.66. The van der Waals surface area contributed by atoms with Crippen molar-refractivity contribution in [1.82, 2.24) is 14.9 Å². The summed E-state index contributed by atoms with van der Waals surface area (Å²) in [7, 11) is 0. The zero-order valence-electron chi connectivity index (χ0n) is 21.0. The van der Waals surface area contributed by atoms with Crippen molar-refractivity contribution in [3.05, 3.63) is 65.0 Å². The van der Waals surface area contributed by atoms with Crippen LogP contribution in [0.5, 0.6) is 0 Å². The fraction of sp³-hybridized carbons (Fsp3) is 0.448. The van der Waals surface area contributed by atoms with Gasteiger partial charge in [-0.25, -0.2) is 4.98 Å². The molecule has 1 heterocycles. The average Bonchev–Trinajstić information content (AvgIpc) is 3.24. The lowest BCUT2D eigenvalue weighted by Gasteiger charge is -2.21. The second-order valence-electron chi connectivity index (χ2n) is 9.49. The number of carbonyl (C=O) groups excluding carboxylic acids is 2. The van der Waals surface area contributed by atoms with Gasteiger partial charge in [-0.05, 0) is 68.0 Å². The summed E-state index contributed by atoms with van der Waals surface area (Å²) in [5.74, 6) is 1.17. The van der Waals surface area contributed by atoms with E-state index in [0.29, 0.717) is 49.5 Å². The van der Waals surface area contributed by atoms with Gasteiger partial charge in [-0.1, -0.05) is 31.4 Å². The summed E-state index contributed by atoms with van der Waals surface area (Å²) in [6.07, 6.45) is 7.74. The number of nitriles is 1. The first-order valence-corrected chi connectivity index (χ1v) is 13.0. The first-order chi connectivity index (χ1) is 17.6. The van der Waals surface area contributed by atoms with E-state index in [2.05, 4.69) is 16.0 Å². The highest BCUT2D eigenvalue weighted by Gasteiger charge is 2.17.